The van der Waals surface area contributed by atoms with Crippen molar-refractivity contribution in [2.45, 2.75) is 264 Å². The van der Waals surface area contributed by atoms with Crippen LogP contribution >= 0.6 is 0 Å². The fraction of sp³-hybridized carbons (Fsp3) is 0.810. The number of carboxylic acid groups (broad SMARTS) is 1. The summed E-state index contributed by atoms with van der Waals surface area (Å²) in [5, 5.41) is 9.67. The minimum absolute atomic E-state index is 0.0560. The first-order chi connectivity index (χ1) is 32.1. The maximum absolute atomic E-state index is 12.8. The molecular formula is C58H106NO7+. The van der Waals surface area contributed by atoms with Crippen molar-refractivity contribution in [1.29, 1.82) is 0 Å². The van der Waals surface area contributed by atoms with Gasteiger partial charge in [0.15, 0.2) is 12.1 Å². The Kier molecular flexibility index (Phi) is 46.7. The van der Waals surface area contributed by atoms with Gasteiger partial charge in [0.2, 0.25) is 0 Å². The molecule has 1 N–H and O–H groups in total. The summed E-state index contributed by atoms with van der Waals surface area (Å²) in [4.78, 5) is 37.2. The van der Waals surface area contributed by atoms with Crippen molar-refractivity contribution >= 4 is 17.9 Å². The van der Waals surface area contributed by atoms with Crippen molar-refractivity contribution < 1.29 is 38.2 Å². The zero-order valence-electron chi connectivity index (χ0n) is 43.9. The molecule has 0 aliphatic heterocycles. The lowest BCUT2D eigenvalue weighted by Crippen LogP contribution is -2.50. The number of carbonyl (C=O) groups is 3. The van der Waals surface area contributed by atoms with Gasteiger partial charge in [0, 0.05) is 19.3 Å². The van der Waals surface area contributed by atoms with Crippen molar-refractivity contribution in [3.05, 3.63) is 48.6 Å². The minimum atomic E-state index is -0.875. The van der Waals surface area contributed by atoms with E-state index in [9.17, 15) is 19.5 Å². The lowest BCUT2D eigenvalue weighted by molar-refractivity contribution is -0.887. The molecule has 0 radical (unpaired) electrons. The molecule has 0 saturated carbocycles. The molecule has 0 fully saturated rings. The number of hydrogen-bond acceptors (Lipinski definition) is 6. The summed E-state index contributed by atoms with van der Waals surface area (Å²) < 4.78 is 17.4. The minimum Gasteiger partial charge on any atom is -0.477 e. The van der Waals surface area contributed by atoms with E-state index in [-0.39, 0.29) is 36.2 Å². The molecule has 2 unspecified atom stereocenters. The van der Waals surface area contributed by atoms with Crippen LogP contribution in [-0.2, 0) is 28.6 Å². The van der Waals surface area contributed by atoms with Crippen LogP contribution in [-0.4, -0.2) is 80.6 Å². The number of ether oxygens (including phenoxy) is 3. The number of esters is 2. The van der Waals surface area contributed by atoms with E-state index in [0.717, 1.165) is 51.4 Å². The van der Waals surface area contributed by atoms with Gasteiger partial charge >= 0.3 is 17.9 Å². The third-order valence-electron chi connectivity index (χ3n) is 12.5. The molecule has 0 aliphatic carbocycles. The van der Waals surface area contributed by atoms with Crippen LogP contribution < -0.4 is 0 Å². The monoisotopic (exact) mass is 929 g/mol. The smallest absolute Gasteiger partial charge is 0.362 e. The van der Waals surface area contributed by atoms with E-state index >= 15 is 0 Å². The quantitative estimate of drug-likeness (QED) is 0.0213. The summed E-state index contributed by atoms with van der Waals surface area (Å²) in [6.45, 7) is 4.73. The Bertz CT molecular complexity index is 1220. The number of carbonyl (C=O) groups excluding carboxylic acids is 2. The van der Waals surface area contributed by atoms with Crippen LogP contribution in [0.1, 0.15) is 251 Å². The number of rotatable bonds is 50. The second kappa shape index (κ2) is 48.7. The molecule has 66 heavy (non-hydrogen) atoms. The summed E-state index contributed by atoms with van der Waals surface area (Å²) in [6, 6.07) is -0.618. The Balaban J connectivity index is 4.21. The highest BCUT2D eigenvalue weighted by molar-refractivity contribution is 5.72. The standard InChI is InChI=1S/C58H105NO7/c1-6-8-10-12-14-16-18-20-22-24-26-27-28-29-31-32-34-36-38-40-42-44-46-48-56(60)65-53-54(52-64-51-50-55(58(62)63)59(3,4)5)66-57(61)49-47-45-43-41-39-37-35-33-30-25-23-21-19-17-15-13-11-9-7-2/h15,17,19,21,26-27,29,31,54-55H,6-14,16,18,20,22-25,28,30,32-53H2,1-5H3/p+1/b17-15+,21-19+,27-26+,31-29+. The van der Waals surface area contributed by atoms with Crippen LogP contribution in [0, 0.1) is 0 Å². The highest BCUT2D eigenvalue weighted by Crippen LogP contribution is 2.16. The number of carboxylic acids is 1. The van der Waals surface area contributed by atoms with Crippen molar-refractivity contribution in [2.24, 2.45) is 0 Å². The summed E-state index contributed by atoms with van der Waals surface area (Å²) >= 11 is 0. The van der Waals surface area contributed by atoms with Crippen molar-refractivity contribution in [2.75, 3.05) is 41.0 Å². The number of allylic oxidation sites excluding steroid dienone is 8. The third kappa shape index (κ3) is 46.4. The molecule has 0 rings (SSSR count). The zero-order chi connectivity index (χ0) is 48.4. The molecule has 0 spiro atoms. The van der Waals surface area contributed by atoms with E-state index in [1.54, 1.807) is 0 Å². The fourth-order valence-electron chi connectivity index (χ4n) is 8.17. The Morgan fingerprint density at radius 1 is 0.470 bits per heavy atom. The predicted molar refractivity (Wildman–Crippen MR) is 280 cm³/mol. The van der Waals surface area contributed by atoms with Crippen molar-refractivity contribution in [1.82, 2.24) is 0 Å². The first-order valence-corrected chi connectivity index (χ1v) is 27.7. The van der Waals surface area contributed by atoms with Gasteiger partial charge in [0.25, 0.3) is 0 Å². The van der Waals surface area contributed by atoms with Gasteiger partial charge in [-0.15, -0.1) is 0 Å². The van der Waals surface area contributed by atoms with Crippen LogP contribution in [0.3, 0.4) is 0 Å². The van der Waals surface area contributed by atoms with Gasteiger partial charge in [-0.25, -0.2) is 4.79 Å². The van der Waals surface area contributed by atoms with Crippen LogP contribution in [0.25, 0.3) is 0 Å². The van der Waals surface area contributed by atoms with Crippen molar-refractivity contribution in [3.63, 3.8) is 0 Å². The second-order valence-electron chi connectivity index (χ2n) is 19.9. The molecule has 8 nitrogen and oxygen atoms in total. The summed E-state index contributed by atoms with van der Waals surface area (Å²) in [6.07, 6.45) is 60.2. The first kappa shape index (κ1) is 63.3. The molecule has 0 aromatic rings. The molecule has 0 saturated heterocycles. The SMILES string of the molecule is CCCCC/C=C/C=C/CCCCCCCCCCCCC(=O)OC(COCCC(C(=O)O)[N+](C)(C)C)COC(=O)CCCCCCCCC/C=C/C/C=C/CCCCCCCCCCC. The van der Waals surface area contributed by atoms with Gasteiger partial charge < -0.3 is 23.8 Å². The summed E-state index contributed by atoms with van der Waals surface area (Å²) in [5.41, 5.74) is 0. The van der Waals surface area contributed by atoms with Gasteiger partial charge in [0.1, 0.15) is 6.61 Å². The normalized spacial score (nSPS) is 13.2. The summed E-state index contributed by atoms with van der Waals surface area (Å²) in [5.74, 6) is -1.47. The number of aliphatic carboxylic acids is 1. The number of unbranched alkanes of at least 4 members (excludes halogenated alkanes) is 29. The number of hydrogen-bond donors (Lipinski definition) is 1. The third-order valence-corrected chi connectivity index (χ3v) is 12.5. The Morgan fingerprint density at radius 3 is 1.29 bits per heavy atom. The molecule has 0 aromatic carbocycles. The topological polar surface area (TPSA) is 99.1 Å². The summed E-state index contributed by atoms with van der Waals surface area (Å²) in [7, 11) is 5.54. The Morgan fingerprint density at radius 2 is 0.848 bits per heavy atom. The van der Waals surface area contributed by atoms with Gasteiger partial charge in [0.05, 0.1) is 34.4 Å². The molecule has 0 heterocycles. The first-order valence-electron chi connectivity index (χ1n) is 27.7. The van der Waals surface area contributed by atoms with Crippen molar-refractivity contribution in [3.8, 4) is 0 Å². The largest absolute Gasteiger partial charge is 0.477 e. The Labute approximate surface area is 407 Å². The molecular weight excluding hydrogens is 823 g/mol. The molecule has 0 aliphatic rings. The van der Waals surface area contributed by atoms with E-state index in [4.69, 9.17) is 14.2 Å². The van der Waals surface area contributed by atoms with Crippen LogP contribution in [0.15, 0.2) is 48.6 Å². The highest BCUT2D eigenvalue weighted by atomic mass is 16.6. The average Bonchev–Trinajstić information content (AvgIpc) is 3.28. The maximum Gasteiger partial charge on any atom is 0.362 e. The molecule has 384 valence electrons. The van der Waals surface area contributed by atoms with Crippen LogP contribution in [0.2, 0.25) is 0 Å². The Hall–Kier alpha value is -2.71. The highest BCUT2D eigenvalue weighted by Gasteiger charge is 2.31. The number of quaternary nitrogens is 1. The molecule has 0 amide bonds. The lowest BCUT2D eigenvalue weighted by atomic mass is 10.1. The molecule has 2 atom stereocenters. The number of nitrogens with zero attached hydrogens (tertiary/aromatic N) is 1. The molecule has 0 bridgehead atoms. The van der Waals surface area contributed by atoms with Gasteiger partial charge in [-0.05, 0) is 70.6 Å². The van der Waals surface area contributed by atoms with E-state index in [1.807, 2.05) is 21.1 Å². The maximum atomic E-state index is 12.8. The van der Waals surface area contributed by atoms with E-state index in [1.165, 1.54) is 167 Å². The van der Waals surface area contributed by atoms with Gasteiger partial charge in [-0.1, -0.05) is 210 Å². The molecule has 8 heteroatoms. The predicted octanol–water partition coefficient (Wildman–Crippen LogP) is 16.3. The van der Waals surface area contributed by atoms with Crippen LogP contribution in [0.4, 0.5) is 0 Å². The number of likely N-dealkylation sites (N-methyl/N-ethyl adjacent to an activating group) is 1. The molecule has 0 aromatic heterocycles. The lowest BCUT2D eigenvalue weighted by Gasteiger charge is -2.31. The average molecular weight is 929 g/mol. The van der Waals surface area contributed by atoms with Gasteiger partial charge in [-0.2, -0.15) is 0 Å². The van der Waals surface area contributed by atoms with Crippen LogP contribution in [0.5, 0.6) is 0 Å². The zero-order valence-corrected chi connectivity index (χ0v) is 43.9. The van der Waals surface area contributed by atoms with E-state index in [0.29, 0.717) is 19.3 Å². The van der Waals surface area contributed by atoms with E-state index in [2.05, 4.69) is 62.5 Å². The fourth-order valence-corrected chi connectivity index (χ4v) is 8.17. The van der Waals surface area contributed by atoms with Gasteiger partial charge in [-0.3, -0.25) is 9.59 Å². The second-order valence-corrected chi connectivity index (χ2v) is 19.9. The van der Waals surface area contributed by atoms with E-state index < -0.39 is 18.1 Å².